The summed E-state index contributed by atoms with van der Waals surface area (Å²) in [6.45, 7) is 2.46. The van der Waals surface area contributed by atoms with E-state index in [-0.39, 0.29) is 11.7 Å². The molecule has 0 aliphatic rings. The number of nitrogens with one attached hydrogen (secondary N) is 1. The molecule has 1 aromatic carbocycles. The maximum absolute atomic E-state index is 11.8. The van der Waals surface area contributed by atoms with Crippen LogP contribution in [0, 0.1) is 6.92 Å². The lowest BCUT2D eigenvalue weighted by Crippen LogP contribution is -2.25. The maximum atomic E-state index is 11.8. The number of hydrogen-bond donors (Lipinski definition) is 2. The van der Waals surface area contributed by atoms with E-state index in [0.717, 1.165) is 10.7 Å². The Morgan fingerprint density at radius 1 is 1.44 bits per heavy atom. The second-order valence-electron chi connectivity index (χ2n) is 3.91. The summed E-state index contributed by atoms with van der Waals surface area (Å²) in [4.78, 5) is 16.1. The lowest BCUT2D eigenvalue weighted by atomic mass is 10.2. The van der Waals surface area contributed by atoms with Gasteiger partial charge in [-0.3, -0.25) is 4.79 Å². The number of benzene rings is 1. The third-order valence-electron chi connectivity index (χ3n) is 2.44. The second-order valence-corrected chi connectivity index (χ2v) is 4.85. The van der Waals surface area contributed by atoms with Gasteiger partial charge in [-0.1, -0.05) is 12.1 Å². The highest BCUT2D eigenvalue weighted by molar-refractivity contribution is 7.09. The third-order valence-corrected chi connectivity index (χ3v) is 3.47. The molecule has 2 rings (SSSR count). The summed E-state index contributed by atoms with van der Waals surface area (Å²) < 4.78 is 0. The van der Waals surface area contributed by atoms with Crippen molar-refractivity contribution < 1.29 is 9.90 Å². The fraction of sp³-hybridized carbons (Fsp3) is 0.231. The Kier molecular flexibility index (Phi) is 3.94. The van der Waals surface area contributed by atoms with E-state index in [4.69, 9.17) is 0 Å². The molecule has 0 radical (unpaired) electrons. The minimum Gasteiger partial charge on any atom is -0.507 e. The van der Waals surface area contributed by atoms with Gasteiger partial charge in [-0.2, -0.15) is 0 Å². The van der Waals surface area contributed by atoms with Crippen molar-refractivity contribution >= 4 is 17.2 Å². The van der Waals surface area contributed by atoms with Gasteiger partial charge >= 0.3 is 0 Å². The largest absolute Gasteiger partial charge is 0.507 e. The number of carbonyl (C=O) groups is 1. The molecule has 5 heteroatoms. The normalized spacial score (nSPS) is 10.3. The summed E-state index contributed by atoms with van der Waals surface area (Å²) >= 11 is 1.59. The summed E-state index contributed by atoms with van der Waals surface area (Å²) in [5.74, 6) is -0.263. The van der Waals surface area contributed by atoms with E-state index >= 15 is 0 Å². The number of nitrogens with zero attached hydrogens (tertiary/aromatic N) is 1. The molecule has 0 aliphatic carbocycles. The Morgan fingerprint density at radius 3 is 2.89 bits per heavy atom. The highest BCUT2D eigenvalue weighted by Crippen LogP contribution is 2.15. The molecular formula is C13H14N2O2S. The molecule has 0 saturated carbocycles. The van der Waals surface area contributed by atoms with Crippen molar-refractivity contribution in [3.05, 3.63) is 45.9 Å². The minimum absolute atomic E-state index is 0.0000862. The molecule has 0 atom stereocenters. The summed E-state index contributed by atoms with van der Waals surface area (Å²) in [5.41, 5.74) is 1.30. The van der Waals surface area contributed by atoms with Crippen LogP contribution in [0.4, 0.5) is 0 Å². The van der Waals surface area contributed by atoms with Crippen molar-refractivity contribution in [2.24, 2.45) is 0 Å². The summed E-state index contributed by atoms with van der Waals surface area (Å²) in [5, 5.41) is 15.3. The molecule has 0 spiro atoms. The Bertz CT molecular complexity index is 551. The number of rotatable bonds is 4. The minimum atomic E-state index is -0.263. The highest BCUT2D eigenvalue weighted by Gasteiger charge is 2.09. The Labute approximate surface area is 109 Å². The van der Waals surface area contributed by atoms with Crippen molar-refractivity contribution in [1.82, 2.24) is 10.3 Å². The van der Waals surface area contributed by atoms with Gasteiger partial charge in [0.2, 0.25) is 0 Å². The lowest BCUT2D eigenvalue weighted by molar-refractivity contribution is 0.0951. The van der Waals surface area contributed by atoms with Crippen LogP contribution >= 0.6 is 11.3 Å². The van der Waals surface area contributed by atoms with Crippen LogP contribution in [0.1, 0.15) is 21.1 Å². The monoisotopic (exact) mass is 262 g/mol. The van der Waals surface area contributed by atoms with Gasteiger partial charge < -0.3 is 10.4 Å². The molecule has 1 aromatic heterocycles. The third kappa shape index (κ3) is 3.07. The zero-order valence-corrected chi connectivity index (χ0v) is 10.8. The van der Waals surface area contributed by atoms with Crippen molar-refractivity contribution in [1.29, 1.82) is 0 Å². The van der Waals surface area contributed by atoms with Gasteiger partial charge in [-0.05, 0) is 19.1 Å². The van der Waals surface area contributed by atoms with Crippen LogP contribution in [-0.4, -0.2) is 22.5 Å². The molecule has 0 aliphatic heterocycles. The molecule has 4 nitrogen and oxygen atoms in total. The van der Waals surface area contributed by atoms with Gasteiger partial charge in [0.15, 0.2) is 0 Å². The van der Waals surface area contributed by atoms with E-state index in [2.05, 4.69) is 10.3 Å². The zero-order chi connectivity index (χ0) is 13.0. The first-order valence-electron chi connectivity index (χ1n) is 5.64. The van der Waals surface area contributed by atoms with Crippen LogP contribution in [0.2, 0.25) is 0 Å². The Balaban J connectivity index is 1.87. The smallest absolute Gasteiger partial charge is 0.255 e. The number of amides is 1. The molecule has 0 bridgehead atoms. The van der Waals surface area contributed by atoms with Gasteiger partial charge in [0.25, 0.3) is 5.91 Å². The summed E-state index contributed by atoms with van der Waals surface area (Å²) in [6, 6.07) is 6.50. The molecular weight excluding hydrogens is 248 g/mol. The van der Waals surface area contributed by atoms with Crippen molar-refractivity contribution in [2.45, 2.75) is 13.3 Å². The average molecular weight is 262 g/mol. The number of aromatic hydroxyl groups is 1. The first-order chi connectivity index (χ1) is 8.66. The highest BCUT2D eigenvalue weighted by atomic mass is 32.1. The van der Waals surface area contributed by atoms with Crippen molar-refractivity contribution in [3.8, 4) is 5.75 Å². The van der Waals surface area contributed by atoms with Gasteiger partial charge in [-0.15, -0.1) is 11.3 Å². The second kappa shape index (κ2) is 5.64. The van der Waals surface area contributed by atoms with E-state index in [1.807, 2.05) is 12.3 Å². The molecule has 1 amide bonds. The summed E-state index contributed by atoms with van der Waals surface area (Å²) in [7, 11) is 0. The van der Waals surface area contributed by atoms with E-state index in [9.17, 15) is 9.90 Å². The SMILES string of the molecule is Cc1csc(CCNC(=O)c2ccccc2O)n1. The Morgan fingerprint density at radius 2 is 2.22 bits per heavy atom. The number of para-hydroxylation sites is 1. The number of carbonyl (C=O) groups excluding carboxylic acids is 1. The number of thiazole rings is 1. The van der Waals surface area contributed by atoms with Crippen LogP contribution in [-0.2, 0) is 6.42 Å². The average Bonchev–Trinajstić information content (AvgIpc) is 2.75. The van der Waals surface area contributed by atoms with Crippen molar-refractivity contribution in [2.75, 3.05) is 6.54 Å². The van der Waals surface area contributed by atoms with Gasteiger partial charge in [0, 0.05) is 24.0 Å². The van der Waals surface area contributed by atoms with E-state index < -0.39 is 0 Å². The topological polar surface area (TPSA) is 62.2 Å². The van der Waals surface area contributed by atoms with Crippen LogP contribution in [0.5, 0.6) is 5.75 Å². The maximum Gasteiger partial charge on any atom is 0.255 e. The lowest BCUT2D eigenvalue weighted by Gasteiger charge is -2.05. The van der Waals surface area contributed by atoms with Crippen molar-refractivity contribution in [3.63, 3.8) is 0 Å². The van der Waals surface area contributed by atoms with Gasteiger partial charge in [-0.25, -0.2) is 4.98 Å². The number of hydrogen-bond acceptors (Lipinski definition) is 4. The predicted molar refractivity (Wildman–Crippen MR) is 71.0 cm³/mol. The molecule has 0 unspecified atom stereocenters. The van der Waals surface area contributed by atoms with Crippen LogP contribution in [0.15, 0.2) is 29.6 Å². The number of phenolic OH excluding ortho intramolecular Hbond substituents is 1. The van der Waals surface area contributed by atoms with Crippen LogP contribution < -0.4 is 5.32 Å². The van der Waals surface area contributed by atoms with Crippen LogP contribution in [0.25, 0.3) is 0 Å². The van der Waals surface area contributed by atoms with E-state index in [0.29, 0.717) is 18.5 Å². The number of phenols is 1. The molecule has 0 fully saturated rings. The fourth-order valence-electron chi connectivity index (χ4n) is 1.56. The number of aromatic nitrogens is 1. The van der Waals surface area contributed by atoms with Gasteiger partial charge in [0.05, 0.1) is 10.6 Å². The molecule has 1 heterocycles. The predicted octanol–water partition coefficient (Wildman–Crippen LogP) is 2.13. The Hall–Kier alpha value is -1.88. The summed E-state index contributed by atoms with van der Waals surface area (Å²) in [6.07, 6.45) is 0.706. The number of aryl methyl sites for hydroxylation is 1. The molecule has 94 valence electrons. The molecule has 2 N–H and O–H groups in total. The molecule has 2 aromatic rings. The van der Waals surface area contributed by atoms with E-state index in [1.165, 1.54) is 6.07 Å². The quantitative estimate of drug-likeness (QED) is 0.887. The van der Waals surface area contributed by atoms with E-state index in [1.54, 1.807) is 29.5 Å². The van der Waals surface area contributed by atoms with Crippen LogP contribution in [0.3, 0.4) is 0 Å². The first-order valence-corrected chi connectivity index (χ1v) is 6.52. The first kappa shape index (κ1) is 12.6. The fourth-order valence-corrected chi connectivity index (χ4v) is 2.34. The standard InChI is InChI=1S/C13H14N2O2S/c1-9-8-18-12(15-9)6-7-14-13(17)10-4-2-3-5-11(10)16/h2-5,8,16H,6-7H2,1H3,(H,14,17). The van der Waals surface area contributed by atoms with Gasteiger partial charge in [0.1, 0.15) is 5.75 Å². The molecule has 18 heavy (non-hydrogen) atoms. The zero-order valence-electron chi connectivity index (χ0n) is 10.0. The molecule has 0 saturated heterocycles.